The zero-order valence-electron chi connectivity index (χ0n) is 20.0. The van der Waals surface area contributed by atoms with Crippen LogP contribution in [0.1, 0.15) is 31.8 Å². The third kappa shape index (κ3) is 7.21. The van der Waals surface area contributed by atoms with Gasteiger partial charge in [-0.15, -0.1) is 0 Å². The van der Waals surface area contributed by atoms with Crippen molar-refractivity contribution >= 4 is 51.4 Å². The first-order valence-electron chi connectivity index (χ1n) is 11.6. The van der Waals surface area contributed by atoms with Crippen molar-refractivity contribution in [3.63, 3.8) is 0 Å². The van der Waals surface area contributed by atoms with Crippen LogP contribution in [0.2, 0.25) is 0 Å². The molecular formula is C31H22BrFN2O3. The zero-order valence-corrected chi connectivity index (χ0v) is 21.6. The van der Waals surface area contributed by atoms with Crippen LogP contribution in [-0.2, 0) is 4.79 Å². The molecule has 2 N–H and O–H groups in total. The Morgan fingerprint density at radius 3 is 2.18 bits per heavy atom. The van der Waals surface area contributed by atoms with E-state index in [1.165, 1.54) is 18.2 Å². The number of carbonyl (C=O) groups is 3. The number of allylic oxidation sites excluding steroid dienone is 1. The molecule has 0 aliphatic carbocycles. The SMILES string of the molecule is O=C(Nc1ccc(C(=O)/C=C/c2ccccc2F)cc1)/C(=C/c1cccc(Br)c1)NC(=O)c1ccccc1. The molecule has 38 heavy (non-hydrogen) atoms. The number of anilines is 1. The normalized spacial score (nSPS) is 11.3. The summed E-state index contributed by atoms with van der Waals surface area (Å²) in [5.74, 6) is -1.69. The van der Waals surface area contributed by atoms with E-state index in [0.717, 1.165) is 4.47 Å². The van der Waals surface area contributed by atoms with Gasteiger partial charge in [0.25, 0.3) is 11.8 Å². The lowest BCUT2D eigenvalue weighted by atomic mass is 10.1. The fourth-order valence-electron chi connectivity index (χ4n) is 3.49. The molecule has 0 aliphatic heterocycles. The molecule has 0 fully saturated rings. The molecule has 0 unspecified atom stereocenters. The monoisotopic (exact) mass is 568 g/mol. The molecule has 0 bridgehead atoms. The van der Waals surface area contributed by atoms with Gasteiger partial charge in [-0.2, -0.15) is 0 Å². The minimum absolute atomic E-state index is 0.0462. The van der Waals surface area contributed by atoms with Gasteiger partial charge in [0.1, 0.15) is 11.5 Å². The van der Waals surface area contributed by atoms with Crippen molar-refractivity contribution in [3.05, 3.63) is 147 Å². The van der Waals surface area contributed by atoms with Gasteiger partial charge in [-0.25, -0.2) is 4.39 Å². The highest BCUT2D eigenvalue weighted by atomic mass is 79.9. The van der Waals surface area contributed by atoms with Gasteiger partial charge in [0, 0.05) is 26.9 Å². The maximum absolute atomic E-state index is 13.8. The number of amides is 2. The van der Waals surface area contributed by atoms with Gasteiger partial charge < -0.3 is 10.6 Å². The number of rotatable bonds is 8. The Bertz CT molecular complexity index is 1530. The van der Waals surface area contributed by atoms with Crippen LogP contribution in [0.15, 0.2) is 119 Å². The molecule has 188 valence electrons. The van der Waals surface area contributed by atoms with Crippen molar-refractivity contribution in [1.29, 1.82) is 0 Å². The molecule has 5 nitrogen and oxygen atoms in total. The summed E-state index contributed by atoms with van der Waals surface area (Å²) < 4.78 is 14.6. The van der Waals surface area contributed by atoms with Gasteiger partial charge in [0.05, 0.1) is 0 Å². The Morgan fingerprint density at radius 1 is 0.763 bits per heavy atom. The highest BCUT2D eigenvalue weighted by molar-refractivity contribution is 9.10. The molecule has 0 aromatic heterocycles. The quantitative estimate of drug-likeness (QED) is 0.179. The lowest BCUT2D eigenvalue weighted by molar-refractivity contribution is -0.113. The highest BCUT2D eigenvalue weighted by Gasteiger charge is 2.15. The average molecular weight is 569 g/mol. The second-order valence-corrected chi connectivity index (χ2v) is 9.10. The highest BCUT2D eigenvalue weighted by Crippen LogP contribution is 2.17. The summed E-state index contributed by atoms with van der Waals surface area (Å²) in [7, 11) is 0. The van der Waals surface area contributed by atoms with E-state index >= 15 is 0 Å². The van der Waals surface area contributed by atoms with E-state index in [1.54, 1.807) is 78.9 Å². The molecule has 4 aromatic rings. The maximum atomic E-state index is 13.8. The minimum atomic E-state index is -0.534. The summed E-state index contributed by atoms with van der Waals surface area (Å²) in [4.78, 5) is 38.4. The van der Waals surface area contributed by atoms with Crippen LogP contribution in [0.4, 0.5) is 10.1 Å². The van der Waals surface area contributed by atoms with Gasteiger partial charge in [-0.05, 0) is 78.4 Å². The van der Waals surface area contributed by atoms with E-state index in [0.29, 0.717) is 27.9 Å². The maximum Gasteiger partial charge on any atom is 0.272 e. The summed E-state index contributed by atoms with van der Waals surface area (Å²) in [5, 5.41) is 5.44. The van der Waals surface area contributed by atoms with Crippen LogP contribution >= 0.6 is 15.9 Å². The van der Waals surface area contributed by atoms with Crippen molar-refractivity contribution in [2.45, 2.75) is 0 Å². The molecule has 0 radical (unpaired) electrons. The molecular weight excluding hydrogens is 547 g/mol. The number of carbonyl (C=O) groups excluding carboxylic acids is 3. The van der Waals surface area contributed by atoms with Crippen LogP contribution < -0.4 is 10.6 Å². The van der Waals surface area contributed by atoms with E-state index < -0.39 is 17.6 Å². The summed E-state index contributed by atoms with van der Waals surface area (Å²) in [6.07, 6.45) is 4.29. The predicted molar refractivity (Wildman–Crippen MR) is 151 cm³/mol. The smallest absolute Gasteiger partial charge is 0.272 e. The van der Waals surface area contributed by atoms with Gasteiger partial charge in [0.2, 0.25) is 0 Å². The molecule has 0 saturated heterocycles. The number of halogens is 2. The second-order valence-electron chi connectivity index (χ2n) is 8.18. The molecule has 0 aliphatic rings. The third-order valence-electron chi connectivity index (χ3n) is 5.44. The van der Waals surface area contributed by atoms with Crippen LogP contribution in [0.5, 0.6) is 0 Å². The minimum Gasteiger partial charge on any atom is -0.321 e. The Kier molecular flexibility index (Phi) is 8.74. The fraction of sp³-hybridized carbons (Fsp3) is 0. The van der Waals surface area contributed by atoms with Crippen LogP contribution in [0.3, 0.4) is 0 Å². The molecule has 2 amide bonds. The molecule has 0 saturated carbocycles. The molecule has 0 heterocycles. The van der Waals surface area contributed by atoms with Crippen molar-refractivity contribution < 1.29 is 18.8 Å². The predicted octanol–water partition coefficient (Wildman–Crippen LogP) is 6.89. The van der Waals surface area contributed by atoms with E-state index in [4.69, 9.17) is 0 Å². The summed E-state index contributed by atoms with van der Waals surface area (Å²) >= 11 is 3.41. The van der Waals surface area contributed by atoms with Gasteiger partial charge in [-0.3, -0.25) is 14.4 Å². The topological polar surface area (TPSA) is 75.3 Å². The first-order valence-corrected chi connectivity index (χ1v) is 12.4. The zero-order chi connectivity index (χ0) is 26.9. The lowest BCUT2D eigenvalue weighted by Gasteiger charge is -2.12. The average Bonchev–Trinajstić information content (AvgIpc) is 2.93. The van der Waals surface area contributed by atoms with Gasteiger partial charge in [-0.1, -0.05) is 64.5 Å². The van der Waals surface area contributed by atoms with E-state index in [1.807, 2.05) is 24.3 Å². The third-order valence-corrected chi connectivity index (χ3v) is 5.93. The van der Waals surface area contributed by atoms with Gasteiger partial charge in [0.15, 0.2) is 5.78 Å². The van der Waals surface area contributed by atoms with Crippen LogP contribution in [0.25, 0.3) is 12.2 Å². The first kappa shape index (κ1) is 26.4. The van der Waals surface area contributed by atoms with E-state index in [9.17, 15) is 18.8 Å². The Hall–Kier alpha value is -4.62. The molecule has 4 rings (SSSR count). The van der Waals surface area contributed by atoms with E-state index in [2.05, 4.69) is 26.6 Å². The standard InChI is InChI=1S/C31H22BrFN2O3/c32-25-11-6-7-21(19-25)20-28(35-30(37)24-9-2-1-3-10-24)31(38)34-26-16-13-23(14-17-26)29(36)18-15-22-8-4-5-12-27(22)33/h1-20H,(H,34,38)(H,35,37)/b18-15+,28-20-. The Morgan fingerprint density at radius 2 is 1.47 bits per heavy atom. The lowest BCUT2D eigenvalue weighted by Crippen LogP contribution is -2.30. The number of benzene rings is 4. The van der Waals surface area contributed by atoms with Crippen molar-refractivity contribution in [3.8, 4) is 0 Å². The summed E-state index contributed by atoms with van der Waals surface area (Å²) in [6.45, 7) is 0. The summed E-state index contributed by atoms with van der Waals surface area (Å²) in [6, 6.07) is 28.3. The number of hydrogen-bond acceptors (Lipinski definition) is 3. The molecule has 4 aromatic carbocycles. The van der Waals surface area contributed by atoms with Crippen molar-refractivity contribution in [2.24, 2.45) is 0 Å². The molecule has 0 atom stereocenters. The number of ketones is 1. The second kappa shape index (κ2) is 12.6. The number of nitrogens with one attached hydrogen (secondary N) is 2. The molecule has 0 spiro atoms. The molecule has 7 heteroatoms. The largest absolute Gasteiger partial charge is 0.321 e. The fourth-order valence-corrected chi connectivity index (χ4v) is 3.91. The number of hydrogen-bond donors (Lipinski definition) is 2. The first-order chi connectivity index (χ1) is 18.4. The van der Waals surface area contributed by atoms with Gasteiger partial charge >= 0.3 is 0 Å². The van der Waals surface area contributed by atoms with E-state index in [-0.39, 0.29) is 11.5 Å². The van der Waals surface area contributed by atoms with Crippen LogP contribution in [0, 0.1) is 5.82 Å². The summed E-state index contributed by atoms with van der Waals surface area (Å²) in [5.41, 5.74) is 2.28. The van der Waals surface area contributed by atoms with Crippen molar-refractivity contribution in [2.75, 3.05) is 5.32 Å². The van der Waals surface area contributed by atoms with Crippen molar-refractivity contribution in [1.82, 2.24) is 5.32 Å². The van der Waals surface area contributed by atoms with Crippen LogP contribution in [-0.4, -0.2) is 17.6 Å². The Balaban J connectivity index is 1.50. The Labute approximate surface area is 227 Å².